The molecule has 1 aliphatic heterocycles. The number of hydrogen-bond donors (Lipinski definition) is 2. The molecular formula is C26H20FN3O5S3. The van der Waals surface area contributed by atoms with Crippen LogP contribution in [0.25, 0.3) is 0 Å². The number of ketones is 1. The molecule has 5 rings (SSSR count). The molecule has 0 aliphatic carbocycles. The number of Topliss-reactive ketones (excluding diaryl/α,β-unsaturated/α-hetero) is 1. The van der Waals surface area contributed by atoms with E-state index in [1.165, 1.54) is 46.2 Å². The van der Waals surface area contributed by atoms with Crippen molar-refractivity contribution in [2.75, 3.05) is 11.5 Å². The predicted molar refractivity (Wildman–Crippen MR) is 144 cm³/mol. The van der Waals surface area contributed by atoms with Crippen molar-refractivity contribution >= 4 is 51.3 Å². The average Bonchev–Trinajstić information content (AvgIpc) is 3.66. The summed E-state index contributed by atoms with van der Waals surface area (Å²) in [4.78, 5) is 28.4. The molecule has 2 aromatic carbocycles. The highest BCUT2D eigenvalue weighted by atomic mass is 32.2. The minimum atomic E-state index is -1.05. The molecule has 0 spiro atoms. The average molecular weight is 570 g/mol. The minimum absolute atomic E-state index is 0.103. The second kappa shape index (κ2) is 10.9. The number of rotatable bonds is 9. The molecule has 1 unspecified atom stereocenters. The van der Waals surface area contributed by atoms with E-state index in [1.807, 2.05) is 0 Å². The first-order valence-electron chi connectivity index (χ1n) is 11.4. The van der Waals surface area contributed by atoms with Crippen LogP contribution >= 0.6 is 34.4 Å². The Balaban J connectivity index is 1.53. The summed E-state index contributed by atoms with van der Waals surface area (Å²) in [5, 5.41) is 31.3. The van der Waals surface area contributed by atoms with Crippen LogP contribution in [0, 0.1) is 5.82 Å². The fraction of sp³-hybridized carbons (Fsp3) is 0.154. The Hall–Kier alpha value is -3.74. The van der Waals surface area contributed by atoms with E-state index >= 15 is 0 Å². The third-order valence-corrected chi connectivity index (χ3v) is 8.68. The second-order valence-electron chi connectivity index (χ2n) is 8.04. The molecule has 3 heterocycles. The third-order valence-electron chi connectivity index (χ3n) is 5.71. The number of carbonyl (C=O) groups excluding carboxylic acids is 2. The van der Waals surface area contributed by atoms with Crippen molar-refractivity contribution in [3.63, 3.8) is 0 Å². The molecule has 0 radical (unpaired) electrons. The van der Waals surface area contributed by atoms with Crippen molar-refractivity contribution in [2.45, 2.75) is 23.1 Å². The summed E-state index contributed by atoms with van der Waals surface area (Å²) in [6.07, 6.45) is 0. The largest absolute Gasteiger partial charge is 0.504 e. The molecule has 0 saturated carbocycles. The number of thiophene rings is 1. The monoisotopic (exact) mass is 569 g/mol. The Morgan fingerprint density at radius 2 is 1.97 bits per heavy atom. The maximum absolute atomic E-state index is 14.0. The topological polar surface area (TPSA) is 113 Å². The van der Waals surface area contributed by atoms with Crippen LogP contribution in [-0.4, -0.2) is 38.7 Å². The van der Waals surface area contributed by atoms with Crippen molar-refractivity contribution in [1.29, 1.82) is 0 Å². The molecule has 0 fully saturated rings. The van der Waals surface area contributed by atoms with Crippen molar-refractivity contribution in [3.05, 3.63) is 93.1 Å². The highest BCUT2D eigenvalue weighted by Gasteiger charge is 2.46. The van der Waals surface area contributed by atoms with Crippen LogP contribution in [0.4, 0.5) is 9.52 Å². The first kappa shape index (κ1) is 25.9. The van der Waals surface area contributed by atoms with E-state index in [0.717, 1.165) is 11.3 Å². The van der Waals surface area contributed by atoms with Gasteiger partial charge in [0.15, 0.2) is 21.6 Å². The molecule has 12 heteroatoms. The molecule has 4 aromatic rings. The van der Waals surface area contributed by atoms with Gasteiger partial charge in [0, 0.05) is 5.75 Å². The van der Waals surface area contributed by atoms with Crippen LogP contribution < -0.4 is 9.64 Å². The van der Waals surface area contributed by atoms with Crippen LogP contribution in [-0.2, 0) is 10.5 Å². The fourth-order valence-electron chi connectivity index (χ4n) is 3.98. The number of hydrogen-bond acceptors (Lipinski definition) is 10. The summed E-state index contributed by atoms with van der Waals surface area (Å²) in [6, 6.07) is 13.2. The van der Waals surface area contributed by atoms with E-state index in [-0.39, 0.29) is 34.6 Å². The third kappa shape index (κ3) is 4.89. The lowest BCUT2D eigenvalue weighted by Crippen LogP contribution is -2.31. The van der Waals surface area contributed by atoms with E-state index in [1.54, 1.807) is 48.7 Å². The number of aliphatic hydroxyl groups is 1. The maximum atomic E-state index is 14.0. The molecule has 8 nitrogen and oxygen atoms in total. The molecule has 2 aromatic heterocycles. The predicted octanol–water partition coefficient (Wildman–Crippen LogP) is 5.92. The first-order chi connectivity index (χ1) is 18.4. The minimum Gasteiger partial charge on any atom is -0.504 e. The molecule has 0 saturated heterocycles. The molecule has 1 aliphatic rings. The number of aromatic nitrogens is 2. The Morgan fingerprint density at radius 1 is 1.16 bits per heavy atom. The van der Waals surface area contributed by atoms with Gasteiger partial charge in [0.25, 0.3) is 5.91 Å². The highest BCUT2D eigenvalue weighted by Crippen LogP contribution is 2.45. The number of anilines is 1. The summed E-state index contributed by atoms with van der Waals surface area (Å²) >= 11 is 3.53. The van der Waals surface area contributed by atoms with Gasteiger partial charge in [-0.15, -0.1) is 21.5 Å². The lowest BCUT2D eigenvalue weighted by atomic mass is 9.95. The number of phenolic OH excluding ortho intramolecular Hbond substituents is 1. The van der Waals surface area contributed by atoms with Crippen molar-refractivity contribution in [1.82, 2.24) is 10.2 Å². The van der Waals surface area contributed by atoms with Gasteiger partial charge in [0.1, 0.15) is 5.82 Å². The van der Waals surface area contributed by atoms with Crippen LogP contribution in [0.15, 0.2) is 75.6 Å². The summed E-state index contributed by atoms with van der Waals surface area (Å²) in [6.45, 7) is 2.04. The number of amides is 1. The number of benzene rings is 2. The Kier molecular flexibility index (Phi) is 7.45. The summed E-state index contributed by atoms with van der Waals surface area (Å²) in [7, 11) is 0. The number of phenols is 1. The van der Waals surface area contributed by atoms with Crippen LogP contribution in [0.5, 0.6) is 11.5 Å². The Labute approximate surface area is 229 Å². The van der Waals surface area contributed by atoms with Gasteiger partial charge in [0.2, 0.25) is 10.9 Å². The van der Waals surface area contributed by atoms with Gasteiger partial charge in [-0.25, -0.2) is 4.39 Å². The number of aliphatic hydroxyl groups excluding tert-OH is 1. The van der Waals surface area contributed by atoms with Gasteiger partial charge in [-0.3, -0.25) is 14.5 Å². The molecule has 0 bridgehead atoms. The van der Waals surface area contributed by atoms with E-state index in [4.69, 9.17) is 4.74 Å². The number of ether oxygens (including phenoxy) is 1. The summed E-state index contributed by atoms with van der Waals surface area (Å²) < 4.78 is 20.0. The highest BCUT2D eigenvalue weighted by molar-refractivity contribution is 8.00. The zero-order valence-electron chi connectivity index (χ0n) is 19.8. The normalized spacial score (nSPS) is 15.4. The Bertz CT molecular complexity index is 1540. The number of aromatic hydroxyl groups is 1. The quantitative estimate of drug-likeness (QED) is 0.145. The molecule has 1 amide bonds. The number of halogens is 1. The van der Waals surface area contributed by atoms with Crippen molar-refractivity contribution in [3.8, 4) is 11.5 Å². The van der Waals surface area contributed by atoms with Gasteiger partial charge in [-0.1, -0.05) is 53.4 Å². The van der Waals surface area contributed by atoms with Gasteiger partial charge >= 0.3 is 0 Å². The van der Waals surface area contributed by atoms with E-state index in [9.17, 15) is 24.2 Å². The molecular weight excluding hydrogens is 550 g/mol. The molecule has 1 atom stereocenters. The van der Waals surface area contributed by atoms with Crippen LogP contribution in [0.2, 0.25) is 0 Å². The summed E-state index contributed by atoms with van der Waals surface area (Å²) in [5.41, 5.74) is 0.820. The van der Waals surface area contributed by atoms with Crippen LogP contribution in [0.1, 0.15) is 33.8 Å². The zero-order chi connectivity index (χ0) is 26.8. The van der Waals surface area contributed by atoms with Gasteiger partial charge in [0.05, 0.1) is 23.1 Å². The standard InChI is InChI=1S/C26H20FN3O5S3/c1-2-35-18-12-14(9-10-17(18)31)21-20(22(32)19-8-5-11-36-19)23(33)24(34)30(21)25-28-29-26(38-25)37-13-15-6-3-4-7-16(15)27/h3-12,21,31,33H,2,13H2,1H3. The summed E-state index contributed by atoms with van der Waals surface area (Å²) in [5.74, 6) is -1.94. The van der Waals surface area contributed by atoms with Gasteiger partial charge in [-0.05, 0) is 47.7 Å². The Morgan fingerprint density at radius 3 is 2.71 bits per heavy atom. The SMILES string of the molecule is CCOc1cc(C2C(C(=O)c3cccs3)=C(O)C(=O)N2c2nnc(SCc3ccccc3F)s2)ccc1O. The molecule has 194 valence electrons. The van der Waals surface area contributed by atoms with E-state index < -0.39 is 23.5 Å². The number of thioether (sulfide) groups is 1. The fourth-order valence-corrected chi connectivity index (χ4v) is 6.51. The first-order valence-corrected chi connectivity index (χ1v) is 14.1. The van der Waals surface area contributed by atoms with E-state index in [0.29, 0.717) is 26.1 Å². The van der Waals surface area contributed by atoms with Crippen LogP contribution in [0.3, 0.4) is 0 Å². The second-order valence-corrected chi connectivity index (χ2v) is 11.2. The molecule has 2 N–H and O–H groups in total. The zero-order valence-corrected chi connectivity index (χ0v) is 22.3. The van der Waals surface area contributed by atoms with Crippen molar-refractivity contribution < 1.29 is 28.9 Å². The maximum Gasteiger partial charge on any atom is 0.296 e. The van der Waals surface area contributed by atoms with Gasteiger partial charge in [-0.2, -0.15) is 0 Å². The number of nitrogens with zero attached hydrogens (tertiary/aromatic N) is 3. The molecule has 38 heavy (non-hydrogen) atoms. The van der Waals surface area contributed by atoms with Crippen molar-refractivity contribution in [2.24, 2.45) is 0 Å². The van der Waals surface area contributed by atoms with E-state index in [2.05, 4.69) is 10.2 Å². The number of carbonyl (C=O) groups is 2. The smallest absolute Gasteiger partial charge is 0.296 e. The lowest BCUT2D eigenvalue weighted by molar-refractivity contribution is -0.117. The lowest BCUT2D eigenvalue weighted by Gasteiger charge is -2.24. The van der Waals surface area contributed by atoms with Gasteiger partial charge < -0.3 is 14.9 Å².